The molecule has 4 N–H and O–H groups in total. The second kappa shape index (κ2) is 16.0. The standard InChI is InChI=1S/C38H53N5O6S/c1-37(2,3)42-35(46)31-21-27-16-10-11-17-29(27)23-43(31)24-32(44)30(20-25-13-8-7-9-14-25)40-36(47)33(38(4,5)50(6,48)49)41-34(45)28-18-12-15-26(19-28)22-39/h7-9,12-15,18-19,27,29-33,44H,10-11,16-17,20-21,23-24H2,1-6H3,(H,40,47)(H,41,45)(H,42,46)/t27-,29+,30-,31-,32+,33+/m0/s1. The van der Waals surface area contributed by atoms with Gasteiger partial charge in [-0.05, 0) is 89.5 Å². The van der Waals surface area contributed by atoms with E-state index in [1.165, 1.54) is 38.1 Å². The Morgan fingerprint density at radius 3 is 2.26 bits per heavy atom. The first kappa shape index (κ1) is 39.0. The summed E-state index contributed by atoms with van der Waals surface area (Å²) < 4.78 is 24.3. The lowest BCUT2D eigenvalue weighted by Gasteiger charge is -2.47. The zero-order valence-electron chi connectivity index (χ0n) is 30.1. The molecule has 272 valence electrons. The lowest BCUT2D eigenvalue weighted by Crippen LogP contribution is -2.64. The van der Waals surface area contributed by atoms with Gasteiger partial charge in [0, 0.05) is 30.4 Å². The number of piperidine rings is 1. The molecule has 3 amide bonds. The van der Waals surface area contributed by atoms with E-state index in [0.717, 1.165) is 37.5 Å². The lowest BCUT2D eigenvalue weighted by molar-refractivity contribution is -0.133. The van der Waals surface area contributed by atoms with Crippen molar-refractivity contribution in [3.8, 4) is 6.07 Å². The number of hydrogen-bond acceptors (Lipinski definition) is 8. The van der Waals surface area contributed by atoms with Crippen LogP contribution in [-0.2, 0) is 25.8 Å². The molecular formula is C38H53N5O6S. The average Bonchev–Trinajstić information content (AvgIpc) is 3.05. The number of amides is 3. The number of β-amino-alcohol motifs (C(OH)–C–C–N with tert-alkyl or cyclic N) is 1. The predicted octanol–water partition coefficient (Wildman–Crippen LogP) is 3.36. The smallest absolute Gasteiger partial charge is 0.252 e. The zero-order valence-corrected chi connectivity index (χ0v) is 30.9. The Hall–Kier alpha value is -3.79. The third kappa shape index (κ3) is 9.92. The van der Waals surface area contributed by atoms with Gasteiger partial charge in [-0.2, -0.15) is 5.26 Å². The van der Waals surface area contributed by atoms with E-state index < -0.39 is 56.2 Å². The van der Waals surface area contributed by atoms with Crippen LogP contribution >= 0.6 is 0 Å². The van der Waals surface area contributed by atoms with Gasteiger partial charge >= 0.3 is 0 Å². The van der Waals surface area contributed by atoms with Crippen LogP contribution in [0.1, 0.15) is 88.2 Å². The number of sulfone groups is 1. The molecule has 2 fully saturated rings. The lowest BCUT2D eigenvalue weighted by atomic mass is 9.72. The number of aliphatic hydroxyl groups is 1. The van der Waals surface area contributed by atoms with Crippen molar-refractivity contribution in [2.45, 2.75) is 108 Å². The quantitative estimate of drug-likeness (QED) is 0.261. The highest BCUT2D eigenvalue weighted by molar-refractivity contribution is 7.92. The molecule has 0 radical (unpaired) electrons. The summed E-state index contributed by atoms with van der Waals surface area (Å²) in [6, 6.07) is 14.3. The fourth-order valence-corrected chi connectivity index (χ4v) is 7.72. The topological polar surface area (TPSA) is 169 Å². The van der Waals surface area contributed by atoms with Gasteiger partial charge < -0.3 is 21.1 Å². The first-order valence-corrected chi connectivity index (χ1v) is 19.4. The monoisotopic (exact) mass is 707 g/mol. The van der Waals surface area contributed by atoms with E-state index in [1.54, 1.807) is 0 Å². The van der Waals surface area contributed by atoms with Crippen LogP contribution in [0.25, 0.3) is 0 Å². The van der Waals surface area contributed by atoms with Crippen molar-refractivity contribution in [1.82, 2.24) is 20.9 Å². The van der Waals surface area contributed by atoms with Crippen LogP contribution in [0.4, 0.5) is 0 Å². The summed E-state index contributed by atoms with van der Waals surface area (Å²) in [5.74, 6) is -0.744. The molecule has 1 saturated carbocycles. The summed E-state index contributed by atoms with van der Waals surface area (Å²) in [7, 11) is -3.91. The molecule has 12 heteroatoms. The number of nitrogens with one attached hydrogen (secondary N) is 3. The molecule has 0 unspecified atom stereocenters. The van der Waals surface area contributed by atoms with Crippen LogP contribution in [-0.4, -0.2) is 90.0 Å². The fraction of sp³-hybridized carbons (Fsp3) is 0.579. The SMILES string of the molecule is CC(C)(C)NC(=O)[C@@H]1C[C@@H]2CCCC[C@@H]2CN1C[C@@H](O)[C@H](Cc1ccccc1)NC(=O)[C@@H](NC(=O)c1cccc(C#N)c1)C(C)(C)S(C)(=O)=O. The second-order valence-corrected chi connectivity index (χ2v) is 18.2. The van der Waals surface area contributed by atoms with Crippen molar-refractivity contribution in [2.24, 2.45) is 11.8 Å². The van der Waals surface area contributed by atoms with Gasteiger partial charge in [-0.3, -0.25) is 19.3 Å². The van der Waals surface area contributed by atoms with Gasteiger partial charge in [-0.15, -0.1) is 0 Å². The van der Waals surface area contributed by atoms with Gasteiger partial charge in [-0.1, -0.05) is 55.7 Å². The van der Waals surface area contributed by atoms with Crippen LogP contribution in [0.5, 0.6) is 0 Å². The van der Waals surface area contributed by atoms with Crippen molar-refractivity contribution >= 4 is 27.6 Å². The van der Waals surface area contributed by atoms with Crippen molar-refractivity contribution in [2.75, 3.05) is 19.3 Å². The number of benzene rings is 2. The number of fused-ring (bicyclic) bond motifs is 1. The molecule has 2 aromatic carbocycles. The number of likely N-dealkylation sites (tertiary alicyclic amines) is 1. The summed E-state index contributed by atoms with van der Waals surface area (Å²) >= 11 is 0. The van der Waals surface area contributed by atoms with Crippen LogP contribution in [0.2, 0.25) is 0 Å². The molecule has 1 aliphatic carbocycles. The van der Waals surface area contributed by atoms with E-state index in [4.69, 9.17) is 0 Å². The summed E-state index contributed by atoms with van der Waals surface area (Å²) in [5.41, 5.74) is 0.730. The minimum Gasteiger partial charge on any atom is -0.390 e. The largest absolute Gasteiger partial charge is 0.390 e. The number of hydrogen-bond donors (Lipinski definition) is 4. The third-order valence-corrected chi connectivity index (χ3v) is 12.4. The van der Waals surface area contributed by atoms with E-state index in [0.29, 0.717) is 24.8 Å². The Morgan fingerprint density at radius 1 is 0.980 bits per heavy atom. The molecule has 4 rings (SSSR count). The molecule has 0 aromatic heterocycles. The summed E-state index contributed by atoms with van der Waals surface area (Å²) in [4.78, 5) is 43.3. The average molecular weight is 708 g/mol. The minimum atomic E-state index is -3.91. The van der Waals surface area contributed by atoms with Gasteiger partial charge in [0.1, 0.15) is 6.04 Å². The molecule has 0 bridgehead atoms. The first-order valence-electron chi connectivity index (χ1n) is 17.5. The summed E-state index contributed by atoms with van der Waals surface area (Å²) in [6.45, 7) is 9.32. The molecule has 1 heterocycles. The maximum atomic E-state index is 14.2. The number of rotatable bonds is 12. The van der Waals surface area contributed by atoms with E-state index in [9.17, 15) is 33.2 Å². The maximum Gasteiger partial charge on any atom is 0.252 e. The normalized spacial score (nSPS) is 21.8. The fourth-order valence-electron chi connectivity index (χ4n) is 7.13. The van der Waals surface area contributed by atoms with Crippen molar-refractivity contribution in [1.29, 1.82) is 5.26 Å². The Bertz CT molecular complexity index is 1670. The molecule has 1 aliphatic heterocycles. The number of carbonyl (C=O) groups excluding carboxylic acids is 3. The predicted molar refractivity (Wildman–Crippen MR) is 193 cm³/mol. The van der Waals surface area contributed by atoms with Crippen molar-refractivity contribution < 1.29 is 27.9 Å². The van der Waals surface area contributed by atoms with E-state index in [1.807, 2.05) is 62.1 Å². The van der Waals surface area contributed by atoms with Gasteiger partial charge in [0.05, 0.1) is 34.6 Å². The summed E-state index contributed by atoms with van der Waals surface area (Å²) in [5, 5.41) is 29.9. The van der Waals surface area contributed by atoms with E-state index >= 15 is 0 Å². The van der Waals surface area contributed by atoms with Crippen LogP contribution in [0, 0.1) is 23.2 Å². The highest BCUT2D eigenvalue weighted by atomic mass is 32.2. The minimum absolute atomic E-state index is 0.0875. The van der Waals surface area contributed by atoms with Crippen LogP contribution in [0.3, 0.4) is 0 Å². The Kier molecular flexibility index (Phi) is 12.5. The van der Waals surface area contributed by atoms with Crippen molar-refractivity contribution in [3.63, 3.8) is 0 Å². The number of aliphatic hydroxyl groups excluding tert-OH is 1. The number of carbonyl (C=O) groups is 3. The molecule has 2 aliphatic rings. The molecular weight excluding hydrogens is 655 g/mol. The first-order chi connectivity index (χ1) is 23.4. The molecule has 2 aromatic rings. The summed E-state index contributed by atoms with van der Waals surface area (Å²) in [6.07, 6.45) is 5.19. The van der Waals surface area contributed by atoms with Gasteiger partial charge in [-0.25, -0.2) is 8.42 Å². The van der Waals surface area contributed by atoms with Gasteiger partial charge in [0.2, 0.25) is 11.8 Å². The van der Waals surface area contributed by atoms with Crippen LogP contribution < -0.4 is 16.0 Å². The Morgan fingerprint density at radius 2 is 1.64 bits per heavy atom. The van der Waals surface area contributed by atoms with Gasteiger partial charge in [0.25, 0.3) is 5.91 Å². The zero-order chi connectivity index (χ0) is 36.9. The Balaban J connectivity index is 1.64. The van der Waals surface area contributed by atoms with Crippen molar-refractivity contribution in [3.05, 3.63) is 71.3 Å². The number of nitriles is 1. The molecule has 11 nitrogen and oxygen atoms in total. The molecule has 50 heavy (non-hydrogen) atoms. The highest BCUT2D eigenvalue weighted by Gasteiger charge is 2.46. The second-order valence-electron chi connectivity index (χ2n) is 15.6. The molecule has 0 spiro atoms. The van der Waals surface area contributed by atoms with E-state index in [-0.39, 0.29) is 30.0 Å². The Labute approximate surface area is 297 Å². The van der Waals surface area contributed by atoms with E-state index in [2.05, 4.69) is 16.0 Å². The maximum absolute atomic E-state index is 14.2. The number of nitrogens with zero attached hydrogens (tertiary/aromatic N) is 2. The molecule has 6 atom stereocenters. The highest BCUT2D eigenvalue weighted by Crippen LogP contribution is 2.39. The molecule has 1 saturated heterocycles. The van der Waals surface area contributed by atoms with Crippen LogP contribution in [0.15, 0.2) is 54.6 Å². The third-order valence-electron chi connectivity index (χ3n) is 10.3. The van der Waals surface area contributed by atoms with Gasteiger partial charge in [0.15, 0.2) is 9.84 Å².